The summed E-state index contributed by atoms with van der Waals surface area (Å²) >= 11 is 0. The number of hydrogen-bond donors (Lipinski definition) is 2. The van der Waals surface area contributed by atoms with E-state index < -0.39 is 12.0 Å². The number of aromatic nitrogens is 4. The van der Waals surface area contributed by atoms with Gasteiger partial charge in [0.2, 0.25) is 5.95 Å². The van der Waals surface area contributed by atoms with E-state index in [0.717, 1.165) is 5.56 Å². The molecule has 3 aromatic rings. The Balaban J connectivity index is 1.95. The second-order valence-corrected chi connectivity index (χ2v) is 6.54. The van der Waals surface area contributed by atoms with E-state index in [1.165, 1.54) is 23.9 Å². The number of ether oxygens (including phenoxy) is 1. The molecule has 0 amide bonds. The van der Waals surface area contributed by atoms with Gasteiger partial charge in [-0.2, -0.15) is 4.68 Å². The number of hydrogen-bond acceptors (Lipinski definition) is 8. The molecule has 146 valence electrons. The van der Waals surface area contributed by atoms with Crippen LogP contribution < -0.4 is 5.32 Å². The summed E-state index contributed by atoms with van der Waals surface area (Å²) in [4.78, 5) is 26.0. The summed E-state index contributed by atoms with van der Waals surface area (Å²) in [6.45, 7) is 1.92. The average molecular weight is 391 g/mol. The summed E-state index contributed by atoms with van der Waals surface area (Å²) in [6, 6.07) is 12.5. The van der Waals surface area contributed by atoms with Crippen molar-refractivity contribution in [1.82, 2.24) is 20.2 Å². The van der Waals surface area contributed by atoms with Gasteiger partial charge in [-0.25, -0.2) is 4.79 Å². The largest absolute Gasteiger partial charge is 0.508 e. The second-order valence-electron chi connectivity index (χ2n) is 6.54. The smallest absolute Gasteiger partial charge is 0.355 e. The van der Waals surface area contributed by atoms with Crippen LogP contribution in [0.5, 0.6) is 5.75 Å². The molecule has 0 saturated heterocycles. The Hall–Kier alpha value is -4.01. The fourth-order valence-electron chi connectivity index (χ4n) is 3.25. The fraction of sp³-hybridized carbons (Fsp3) is 0.150. The van der Waals surface area contributed by atoms with Gasteiger partial charge in [0.1, 0.15) is 17.5 Å². The van der Waals surface area contributed by atoms with Crippen LogP contribution in [0.15, 0.2) is 59.8 Å². The molecule has 0 fully saturated rings. The molecule has 4 rings (SSSR count). The minimum absolute atomic E-state index is 0.0115. The van der Waals surface area contributed by atoms with Gasteiger partial charge in [0.15, 0.2) is 5.78 Å². The lowest BCUT2D eigenvalue weighted by molar-refractivity contribution is -0.136. The molecule has 0 aliphatic carbocycles. The summed E-state index contributed by atoms with van der Waals surface area (Å²) in [5, 5.41) is 24.3. The third kappa shape index (κ3) is 3.22. The Morgan fingerprint density at radius 3 is 2.62 bits per heavy atom. The first-order chi connectivity index (χ1) is 14.0. The molecule has 0 bridgehead atoms. The Labute approximate surface area is 165 Å². The third-order valence-corrected chi connectivity index (χ3v) is 4.65. The molecule has 1 aliphatic rings. The lowest BCUT2D eigenvalue weighted by Crippen LogP contribution is -2.32. The number of anilines is 1. The van der Waals surface area contributed by atoms with Crippen molar-refractivity contribution < 1.29 is 19.4 Å². The molecule has 9 heteroatoms. The monoisotopic (exact) mass is 391 g/mol. The number of methoxy groups -OCH3 is 1. The highest BCUT2D eigenvalue weighted by Crippen LogP contribution is 2.37. The Bertz CT molecular complexity index is 1130. The van der Waals surface area contributed by atoms with Crippen molar-refractivity contribution >= 4 is 17.7 Å². The lowest BCUT2D eigenvalue weighted by Gasteiger charge is -2.28. The maximum Gasteiger partial charge on any atom is 0.355 e. The van der Waals surface area contributed by atoms with E-state index in [9.17, 15) is 14.7 Å². The zero-order valence-electron chi connectivity index (χ0n) is 15.7. The minimum Gasteiger partial charge on any atom is -0.508 e. The predicted molar refractivity (Wildman–Crippen MR) is 102 cm³/mol. The van der Waals surface area contributed by atoms with Gasteiger partial charge in [-0.3, -0.25) is 4.79 Å². The number of benzene rings is 2. The highest BCUT2D eigenvalue weighted by molar-refractivity contribution is 6.14. The number of aryl methyl sites for hydroxylation is 1. The zero-order chi connectivity index (χ0) is 20.5. The van der Waals surface area contributed by atoms with Gasteiger partial charge in [0.05, 0.1) is 12.7 Å². The first-order valence-electron chi connectivity index (χ1n) is 8.77. The first kappa shape index (κ1) is 18.4. The summed E-state index contributed by atoms with van der Waals surface area (Å²) in [6.07, 6.45) is 0. The minimum atomic E-state index is -0.837. The highest BCUT2D eigenvalue weighted by Gasteiger charge is 2.38. The van der Waals surface area contributed by atoms with Gasteiger partial charge in [-0.05, 0) is 35.0 Å². The van der Waals surface area contributed by atoms with Crippen molar-refractivity contribution in [2.24, 2.45) is 0 Å². The van der Waals surface area contributed by atoms with Crippen LogP contribution in [0.4, 0.5) is 5.95 Å². The van der Waals surface area contributed by atoms with Crippen LogP contribution in [0.2, 0.25) is 0 Å². The molecular formula is C20H17N5O4. The molecule has 2 N–H and O–H groups in total. The summed E-state index contributed by atoms with van der Waals surface area (Å²) in [5.74, 6) is -0.913. The Morgan fingerprint density at radius 1 is 1.17 bits per heavy atom. The van der Waals surface area contributed by atoms with Crippen LogP contribution in [-0.2, 0) is 9.53 Å². The quantitative estimate of drug-likeness (QED) is 0.512. The number of carbonyl (C=O) groups is 2. The van der Waals surface area contributed by atoms with E-state index >= 15 is 0 Å². The zero-order valence-corrected chi connectivity index (χ0v) is 15.7. The van der Waals surface area contributed by atoms with Crippen molar-refractivity contribution in [1.29, 1.82) is 0 Å². The van der Waals surface area contributed by atoms with Gasteiger partial charge in [-0.1, -0.05) is 47.1 Å². The van der Waals surface area contributed by atoms with Crippen LogP contribution >= 0.6 is 0 Å². The predicted octanol–water partition coefficient (Wildman–Crippen LogP) is 2.01. The van der Waals surface area contributed by atoms with E-state index in [0.29, 0.717) is 11.1 Å². The van der Waals surface area contributed by atoms with Crippen molar-refractivity contribution in [2.45, 2.75) is 13.0 Å². The van der Waals surface area contributed by atoms with Gasteiger partial charge < -0.3 is 15.2 Å². The number of esters is 1. The number of phenolic OH excluding ortho intramolecular Hbond substituents is 1. The van der Waals surface area contributed by atoms with Crippen molar-refractivity contribution in [2.75, 3.05) is 12.4 Å². The van der Waals surface area contributed by atoms with Crippen LogP contribution in [-0.4, -0.2) is 44.2 Å². The van der Waals surface area contributed by atoms with Gasteiger partial charge in [-0.15, -0.1) is 0 Å². The van der Waals surface area contributed by atoms with Gasteiger partial charge >= 0.3 is 5.97 Å². The molecule has 1 atom stereocenters. The van der Waals surface area contributed by atoms with Crippen molar-refractivity contribution in [3.05, 3.63) is 76.5 Å². The third-order valence-electron chi connectivity index (χ3n) is 4.65. The number of rotatable bonds is 4. The van der Waals surface area contributed by atoms with Crippen LogP contribution in [0.25, 0.3) is 0 Å². The molecular weight excluding hydrogens is 374 g/mol. The number of allylic oxidation sites excluding steroid dienone is 1. The molecule has 29 heavy (non-hydrogen) atoms. The molecule has 0 unspecified atom stereocenters. The number of nitrogens with zero attached hydrogens (tertiary/aromatic N) is 4. The second kappa shape index (κ2) is 7.19. The van der Waals surface area contributed by atoms with E-state index in [4.69, 9.17) is 4.74 Å². The molecule has 1 aliphatic heterocycles. The molecule has 2 heterocycles. The van der Waals surface area contributed by atoms with E-state index in [2.05, 4.69) is 20.8 Å². The first-order valence-corrected chi connectivity index (χ1v) is 8.77. The number of ketones is 1. The summed E-state index contributed by atoms with van der Waals surface area (Å²) < 4.78 is 6.28. The van der Waals surface area contributed by atoms with Crippen molar-refractivity contribution in [3.63, 3.8) is 0 Å². The van der Waals surface area contributed by atoms with Gasteiger partial charge in [0.25, 0.3) is 0 Å². The number of nitrogens with one attached hydrogen (secondary N) is 1. The SMILES string of the molecule is COC(=O)C1=C(C(=O)c2ccc(C)cc2)[C@@H](c2cccc(O)c2)n2nnnc2N1. The molecule has 1 aromatic heterocycles. The molecule has 0 radical (unpaired) electrons. The topological polar surface area (TPSA) is 119 Å². The van der Waals surface area contributed by atoms with Gasteiger partial charge in [0, 0.05) is 5.56 Å². The average Bonchev–Trinajstić information content (AvgIpc) is 3.20. The van der Waals surface area contributed by atoms with Crippen LogP contribution in [0.3, 0.4) is 0 Å². The molecule has 0 saturated carbocycles. The number of fused-ring (bicyclic) bond motifs is 1. The number of Topliss-reactive ketones (excluding diaryl/α,β-unsaturated/α-hetero) is 1. The Morgan fingerprint density at radius 2 is 1.93 bits per heavy atom. The standard InChI is InChI=1S/C20H17N5O4/c1-11-6-8-12(9-7-11)18(27)15-16(19(28)29-2)21-20-22-23-24-25(20)17(15)13-4-3-5-14(26)10-13/h3-10,17,26H,1-2H3,(H,21,22,24)/t17-/m1/s1. The number of tetrazole rings is 1. The molecule has 0 spiro atoms. The van der Waals surface area contributed by atoms with Crippen molar-refractivity contribution in [3.8, 4) is 5.75 Å². The maximum atomic E-state index is 13.5. The molecule has 2 aromatic carbocycles. The fourth-order valence-corrected chi connectivity index (χ4v) is 3.25. The van der Waals surface area contributed by atoms with E-state index in [1.54, 1.807) is 24.3 Å². The van der Waals surface area contributed by atoms with E-state index in [-0.39, 0.29) is 28.8 Å². The van der Waals surface area contributed by atoms with E-state index in [1.807, 2.05) is 19.1 Å². The lowest BCUT2D eigenvalue weighted by atomic mass is 9.89. The highest BCUT2D eigenvalue weighted by atomic mass is 16.5. The number of carbonyl (C=O) groups excluding carboxylic acids is 2. The molecule has 9 nitrogen and oxygen atoms in total. The number of phenols is 1. The normalized spacial score (nSPS) is 15.4. The number of aromatic hydroxyl groups is 1. The van der Waals surface area contributed by atoms with Crippen LogP contribution in [0, 0.1) is 6.92 Å². The summed E-state index contributed by atoms with van der Waals surface area (Å²) in [5.41, 5.74) is 2.00. The summed E-state index contributed by atoms with van der Waals surface area (Å²) in [7, 11) is 1.23. The maximum absolute atomic E-state index is 13.5. The Kier molecular flexibility index (Phi) is 4.55. The van der Waals surface area contributed by atoms with Crippen LogP contribution in [0.1, 0.15) is 27.5 Å².